The molecule has 0 aromatic heterocycles. The number of rotatable bonds is 7. The van der Waals surface area contributed by atoms with Crippen LogP contribution in [0.15, 0.2) is 66.7 Å². The predicted octanol–water partition coefficient (Wildman–Crippen LogP) is 3.93. The Kier molecular flexibility index (Phi) is 6.03. The van der Waals surface area contributed by atoms with Gasteiger partial charge in [0, 0.05) is 13.5 Å². The Hall–Kier alpha value is -1.90. The Morgan fingerprint density at radius 2 is 1.60 bits per heavy atom. The summed E-state index contributed by atoms with van der Waals surface area (Å²) >= 11 is 0. The summed E-state index contributed by atoms with van der Waals surface area (Å²) in [7, 11) is 1.68. The second kappa shape index (κ2) is 8.31. The molecule has 0 spiro atoms. The van der Waals surface area contributed by atoms with Crippen molar-refractivity contribution in [1.82, 2.24) is 0 Å². The van der Waals surface area contributed by atoms with E-state index in [-0.39, 0.29) is 6.29 Å². The minimum Gasteiger partial charge on any atom is -0.356 e. The van der Waals surface area contributed by atoms with Crippen molar-refractivity contribution in [3.63, 3.8) is 0 Å². The van der Waals surface area contributed by atoms with Crippen molar-refractivity contribution in [3.8, 4) is 0 Å². The van der Waals surface area contributed by atoms with Crippen LogP contribution in [0.2, 0.25) is 0 Å². The molecule has 1 unspecified atom stereocenters. The summed E-state index contributed by atoms with van der Waals surface area (Å²) in [4.78, 5) is 0. The van der Waals surface area contributed by atoms with Crippen LogP contribution < -0.4 is 0 Å². The highest BCUT2D eigenvalue weighted by Gasteiger charge is 2.07. The molecule has 1 atom stereocenters. The van der Waals surface area contributed by atoms with E-state index in [0.29, 0.717) is 6.61 Å². The van der Waals surface area contributed by atoms with Gasteiger partial charge in [-0.3, -0.25) is 0 Å². The van der Waals surface area contributed by atoms with Crippen molar-refractivity contribution in [1.29, 1.82) is 0 Å². The van der Waals surface area contributed by atoms with Gasteiger partial charge in [0.25, 0.3) is 0 Å². The first kappa shape index (κ1) is 14.5. The van der Waals surface area contributed by atoms with Gasteiger partial charge in [-0.25, -0.2) is 0 Å². The van der Waals surface area contributed by atoms with Crippen LogP contribution in [0.3, 0.4) is 0 Å². The minimum absolute atomic E-state index is 0.210. The zero-order valence-electron chi connectivity index (χ0n) is 11.7. The third-order valence-electron chi connectivity index (χ3n) is 3.00. The molecule has 0 saturated heterocycles. The normalized spacial score (nSPS) is 12.7. The second-order valence-electron chi connectivity index (χ2n) is 4.50. The summed E-state index contributed by atoms with van der Waals surface area (Å²) in [5, 5.41) is 0. The molecule has 2 rings (SSSR count). The first-order valence-electron chi connectivity index (χ1n) is 6.78. The number of benzene rings is 2. The topological polar surface area (TPSA) is 18.5 Å². The fraction of sp³-hybridized carbons (Fsp3) is 0.222. The second-order valence-corrected chi connectivity index (χ2v) is 4.50. The standard InChI is InChI=1S/C18H20O2/c1-19-18(15-17-11-6-3-7-12-17)20-14-8-13-16-9-4-2-5-10-16/h2-13,18H,14-15H2,1H3/b13-8+. The monoisotopic (exact) mass is 268 g/mol. The maximum absolute atomic E-state index is 5.71. The average Bonchev–Trinajstić information content (AvgIpc) is 2.52. The van der Waals surface area contributed by atoms with Crippen molar-refractivity contribution in [3.05, 3.63) is 77.9 Å². The zero-order valence-corrected chi connectivity index (χ0v) is 11.7. The SMILES string of the molecule is COC(Cc1ccccc1)OC/C=C/c1ccccc1. The molecule has 0 aliphatic heterocycles. The molecule has 20 heavy (non-hydrogen) atoms. The van der Waals surface area contributed by atoms with E-state index in [4.69, 9.17) is 9.47 Å². The quantitative estimate of drug-likeness (QED) is 0.708. The highest BCUT2D eigenvalue weighted by atomic mass is 16.7. The minimum atomic E-state index is -0.210. The smallest absolute Gasteiger partial charge is 0.161 e. The van der Waals surface area contributed by atoms with Crippen LogP contribution in [-0.4, -0.2) is 20.0 Å². The molecule has 2 aromatic rings. The fourth-order valence-electron chi connectivity index (χ4n) is 1.93. The predicted molar refractivity (Wildman–Crippen MR) is 82.4 cm³/mol. The average molecular weight is 268 g/mol. The van der Waals surface area contributed by atoms with Crippen LogP contribution in [-0.2, 0) is 15.9 Å². The molecule has 104 valence electrons. The molecule has 2 heteroatoms. The molecule has 2 nitrogen and oxygen atoms in total. The molecule has 0 heterocycles. The van der Waals surface area contributed by atoms with Crippen molar-refractivity contribution >= 4 is 6.08 Å². The highest BCUT2D eigenvalue weighted by molar-refractivity contribution is 5.48. The third kappa shape index (κ3) is 5.00. The molecule has 0 aliphatic carbocycles. The van der Waals surface area contributed by atoms with Crippen molar-refractivity contribution in [2.45, 2.75) is 12.7 Å². The van der Waals surface area contributed by atoms with Crippen LogP contribution >= 0.6 is 0 Å². The molecule has 0 saturated carbocycles. The van der Waals surface area contributed by atoms with Crippen molar-refractivity contribution in [2.75, 3.05) is 13.7 Å². The van der Waals surface area contributed by atoms with Crippen LogP contribution in [0.25, 0.3) is 6.08 Å². The highest BCUT2D eigenvalue weighted by Crippen LogP contribution is 2.07. The molecule has 0 N–H and O–H groups in total. The Balaban J connectivity index is 1.78. The Morgan fingerprint density at radius 1 is 0.950 bits per heavy atom. The van der Waals surface area contributed by atoms with Gasteiger partial charge >= 0.3 is 0 Å². The molecule has 0 bridgehead atoms. The Morgan fingerprint density at radius 3 is 2.25 bits per heavy atom. The van der Waals surface area contributed by atoms with E-state index in [0.717, 1.165) is 6.42 Å². The number of hydrogen-bond donors (Lipinski definition) is 0. The lowest BCUT2D eigenvalue weighted by atomic mass is 10.1. The van der Waals surface area contributed by atoms with Gasteiger partial charge in [0.15, 0.2) is 6.29 Å². The number of ether oxygens (including phenoxy) is 2. The number of methoxy groups -OCH3 is 1. The molecular weight excluding hydrogens is 248 g/mol. The van der Waals surface area contributed by atoms with Crippen LogP contribution in [0.4, 0.5) is 0 Å². The molecule has 0 radical (unpaired) electrons. The zero-order chi connectivity index (χ0) is 14.0. The summed E-state index contributed by atoms with van der Waals surface area (Å²) in [6.07, 6.45) is 4.61. The fourth-order valence-corrected chi connectivity index (χ4v) is 1.93. The van der Waals surface area contributed by atoms with Gasteiger partial charge < -0.3 is 9.47 Å². The Bertz CT molecular complexity index is 505. The van der Waals surface area contributed by atoms with E-state index in [1.54, 1.807) is 7.11 Å². The van der Waals surface area contributed by atoms with Gasteiger partial charge in [-0.2, -0.15) is 0 Å². The van der Waals surface area contributed by atoms with Gasteiger partial charge in [0.05, 0.1) is 6.61 Å². The van der Waals surface area contributed by atoms with Gasteiger partial charge in [-0.1, -0.05) is 72.8 Å². The molecule has 0 amide bonds. The van der Waals surface area contributed by atoms with Gasteiger partial charge in [0.2, 0.25) is 0 Å². The molecule has 2 aromatic carbocycles. The first-order chi connectivity index (χ1) is 9.88. The van der Waals surface area contributed by atoms with Gasteiger partial charge in [0.1, 0.15) is 0 Å². The van der Waals surface area contributed by atoms with E-state index < -0.39 is 0 Å². The van der Waals surface area contributed by atoms with E-state index >= 15 is 0 Å². The maximum Gasteiger partial charge on any atom is 0.161 e. The summed E-state index contributed by atoms with van der Waals surface area (Å²) in [6, 6.07) is 20.4. The van der Waals surface area contributed by atoms with Crippen molar-refractivity contribution < 1.29 is 9.47 Å². The third-order valence-corrected chi connectivity index (χ3v) is 3.00. The van der Waals surface area contributed by atoms with E-state index in [1.807, 2.05) is 42.5 Å². The lowest BCUT2D eigenvalue weighted by Crippen LogP contribution is -2.18. The summed E-state index contributed by atoms with van der Waals surface area (Å²) in [5.41, 5.74) is 2.39. The van der Waals surface area contributed by atoms with E-state index in [2.05, 4.69) is 30.3 Å². The molecule has 0 fully saturated rings. The van der Waals surface area contributed by atoms with Crippen LogP contribution in [0.5, 0.6) is 0 Å². The van der Waals surface area contributed by atoms with Crippen LogP contribution in [0, 0.1) is 0 Å². The maximum atomic E-state index is 5.71. The molecular formula is C18H20O2. The first-order valence-corrected chi connectivity index (χ1v) is 6.78. The van der Waals surface area contributed by atoms with E-state index in [9.17, 15) is 0 Å². The van der Waals surface area contributed by atoms with Gasteiger partial charge in [-0.05, 0) is 11.1 Å². The lowest BCUT2D eigenvalue weighted by molar-refractivity contribution is -0.113. The number of hydrogen-bond acceptors (Lipinski definition) is 2. The Labute approximate surface area is 120 Å². The van der Waals surface area contributed by atoms with Crippen molar-refractivity contribution in [2.24, 2.45) is 0 Å². The van der Waals surface area contributed by atoms with E-state index in [1.165, 1.54) is 11.1 Å². The largest absolute Gasteiger partial charge is 0.356 e. The summed E-state index contributed by atoms with van der Waals surface area (Å²) in [6.45, 7) is 0.542. The summed E-state index contributed by atoms with van der Waals surface area (Å²) < 4.78 is 11.1. The van der Waals surface area contributed by atoms with Gasteiger partial charge in [-0.15, -0.1) is 0 Å². The molecule has 0 aliphatic rings. The lowest BCUT2D eigenvalue weighted by Gasteiger charge is -2.15. The summed E-state index contributed by atoms with van der Waals surface area (Å²) in [5.74, 6) is 0. The van der Waals surface area contributed by atoms with Crippen LogP contribution in [0.1, 0.15) is 11.1 Å².